The Morgan fingerprint density at radius 1 is 0.857 bits per heavy atom. The standard InChI is InChI=1S/C33H31ClN2O6/c1-33(2,3)42-32(40)35-20-22-8-7-11-27(18-22)41-29-19-26(34)16-17-28(29)36(21-30(37)38)31(39)25-14-12-24(13-15-25)23-9-5-4-6-10-23/h4-19H,20-21H2,1-3H3,(H,35,40)(H,37,38). The third-order valence-electron chi connectivity index (χ3n) is 5.95. The molecule has 216 valence electrons. The molecule has 4 aromatic carbocycles. The van der Waals surface area contributed by atoms with E-state index in [2.05, 4.69) is 5.32 Å². The largest absolute Gasteiger partial charge is 0.480 e. The molecule has 2 N–H and O–H groups in total. The summed E-state index contributed by atoms with van der Waals surface area (Å²) in [5, 5.41) is 12.7. The molecule has 0 aromatic heterocycles. The SMILES string of the molecule is CC(C)(C)OC(=O)NCc1cccc(Oc2cc(Cl)ccc2N(CC(=O)O)C(=O)c2ccc(-c3ccccc3)cc2)c1. The van der Waals surface area contributed by atoms with Gasteiger partial charge in [-0.15, -0.1) is 0 Å². The number of aliphatic carboxylic acids is 1. The van der Waals surface area contributed by atoms with Crippen molar-refractivity contribution in [1.82, 2.24) is 5.32 Å². The lowest BCUT2D eigenvalue weighted by molar-refractivity contribution is -0.135. The fourth-order valence-electron chi connectivity index (χ4n) is 4.12. The first-order valence-corrected chi connectivity index (χ1v) is 13.6. The van der Waals surface area contributed by atoms with E-state index < -0.39 is 30.1 Å². The molecular formula is C33H31ClN2O6. The van der Waals surface area contributed by atoms with Gasteiger partial charge >= 0.3 is 12.1 Å². The highest BCUT2D eigenvalue weighted by molar-refractivity contribution is 6.31. The number of nitrogens with zero attached hydrogens (tertiary/aromatic N) is 1. The Kier molecular flexibility index (Phi) is 9.49. The molecule has 0 spiro atoms. The Balaban J connectivity index is 1.58. The van der Waals surface area contributed by atoms with E-state index in [4.69, 9.17) is 21.1 Å². The molecule has 0 aliphatic rings. The number of carboxylic acid groups (broad SMARTS) is 1. The zero-order valence-corrected chi connectivity index (χ0v) is 24.2. The number of carbonyl (C=O) groups is 3. The Hall–Kier alpha value is -4.82. The van der Waals surface area contributed by atoms with Crippen molar-refractivity contribution in [3.63, 3.8) is 0 Å². The maximum absolute atomic E-state index is 13.6. The van der Waals surface area contributed by atoms with Gasteiger partial charge in [0.15, 0.2) is 5.75 Å². The van der Waals surface area contributed by atoms with Crippen molar-refractivity contribution in [1.29, 1.82) is 0 Å². The van der Waals surface area contributed by atoms with Gasteiger partial charge in [-0.1, -0.05) is 66.2 Å². The summed E-state index contributed by atoms with van der Waals surface area (Å²) in [6, 6.07) is 28.3. The first-order chi connectivity index (χ1) is 20.0. The van der Waals surface area contributed by atoms with Crippen molar-refractivity contribution < 1.29 is 29.0 Å². The minimum atomic E-state index is -1.19. The van der Waals surface area contributed by atoms with Crippen LogP contribution in [-0.4, -0.2) is 35.2 Å². The number of halogens is 1. The molecule has 2 amide bonds. The molecule has 0 fully saturated rings. The number of rotatable bonds is 9. The van der Waals surface area contributed by atoms with Crippen molar-refractivity contribution in [2.45, 2.75) is 32.9 Å². The van der Waals surface area contributed by atoms with Gasteiger partial charge in [0.25, 0.3) is 5.91 Å². The first-order valence-electron chi connectivity index (χ1n) is 13.2. The van der Waals surface area contributed by atoms with Gasteiger partial charge < -0.3 is 19.9 Å². The van der Waals surface area contributed by atoms with Gasteiger partial charge in [0.2, 0.25) is 0 Å². The number of benzene rings is 4. The van der Waals surface area contributed by atoms with Crippen LogP contribution in [0.3, 0.4) is 0 Å². The third kappa shape index (κ3) is 8.34. The molecule has 0 saturated heterocycles. The summed E-state index contributed by atoms with van der Waals surface area (Å²) >= 11 is 6.27. The molecule has 0 aliphatic heterocycles. The lowest BCUT2D eigenvalue weighted by Crippen LogP contribution is -2.36. The van der Waals surface area contributed by atoms with Gasteiger partial charge in [0.05, 0.1) is 5.69 Å². The molecule has 0 bridgehead atoms. The average Bonchev–Trinajstić information content (AvgIpc) is 2.95. The van der Waals surface area contributed by atoms with Crippen LogP contribution < -0.4 is 15.0 Å². The summed E-state index contributed by atoms with van der Waals surface area (Å²) in [5.74, 6) is -1.12. The van der Waals surface area contributed by atoms with Crippen LogP contribution in [0.5, 0.6) is 11.5 Å². The van der Waals surface area contributed by atoms with Crippen LogP contribution in [-0.2, 0) is 16.1 Å². The fraction of sp³-hybridized carbons (Fsp3) is 0.182. The van der Waals surface area contributed by atoms with Crippen LogP contribution in [0, 0.1) is 0 Å². The lowest BCUT2D eigenvalue weighted by atomic mass is 10.0. The van der Waals surface area contributed by atoms with E-state index in [0.717, 1.165) is 21.6 Å². The number of alkyl carbamates (subject to hydrolysis) is 1. The number of amides is 2. The van der Waals surface area contributed by atoms with E-state index in [1.54, 1.807) is 63.2 Å². The minimum absolute atomic E-state index is 0.190. The van der Waals surface area contributed by atoms with Gasteiger partial charge in [-0.2, -0.15) is 0 Å². The highest BCUT2D eigenvalue weighted by Gasteiger charge is 2.24. The first kappa shape index (κ1) is 30.1. The van der Waals surface area contributed by atoms with Crippen LogP contribution in [0.15, 0.2) is 97.1 Å². The van der Waals surface area contributed by atoms with Crippen LogP contribution >= 0.6 is 11.6 Å². The number of anilines is 1. The summed E-state index contributed by atoms with van der Waals surface area (Å²) in [7, 11) is 0. The van der Waals surface area contributed by atoms with Crippen molar-refractivity contribution >= 4 is 35.3 Å². The monoisotopic (exact) mass is 586 g/mol. The molecule has 0 saturated carbocycles. The third-order valence-corrected chi connectivity index (χ3v) is 6.19. The Morgan fingerprint density at radius 2 is 1.55 bits per heavy atom. The van der Waals surface area contributed by atoms with Crippen molar-refractivity contribution in [2.24, 2.45) is 0 Å². The number of nitrogens with one attached hydrogen (secondary N) is 1. The molecule has 0 aliphatic carbocycles. The number of hydrogen-bond donors (Lipinski definition) is 2. The molecule has 0 radical (unpaired) electrons. The summed E-state index contributed by atoms with van der Waals surface area (Å²) in [4.78, 5) is 38.7. The van der Waals surface area contributed by atoms with E-state index >= 15 is 0 Å². The van der Waals surface area contributed by atoms with Crippen LogP contribution in [0.2, 0.25) is 5.02 Å². The Labute approximate surface area is 249 Å². The molecule has 0 unspecified atom stereocenters. The van der Waals surface area contributed by atoms with E-state index in [-0.39, 0.29) is 18.0 Å². The molecule has 42 heavy (non-hydrogen) atoms. The molecule has 9 heteroatoms. The van der Waals surface area contributed by atoms with Crippen LogP contribution in [0.4, 0.5) is 10.5 Å². The number of carboxylic acids is 1. The fourth-order valence-corrected chi connectivity index (χ4v) is 4.28. The number of carbonyl (C=O) groups excluding carboxylic acids is 2. The van der Waals surface area contributed by atoms with Gasteiger partial charge in [-0.25, -0.2) is 4.79 Å². The van der Waals surface area contributed by atoms with E-state index in [1.165, 1.54) is 6.07 Å². The predicted molar refractivity (Wildman–Crippen MR) is 162 cm³/mol. The Morgan fingerprint density at radius 3 is 2.21 bits per heavy atom. The van der Waals surface area contributed by atoms with Crippen LogP contribution in [0.25, 0.3) is 11.1 Å². The lowest BCUT2D eigenvalue weighted by Gasteiger charge is -2.24. The Bertz CT molecular complexity index is 1570. The van der Waals surface area contributed by atoms with Gasteiger partial charge in [-0.3, -0.25) is 14.5 Å². The van der Waals surface area contributed by atoms with E-state index in [9.17, 15) is 19.5 Å². The zero-order valence-electron chi connectivity index (χ0n) is 23.5. The topological polar surface area (TPSA) is 105 Å². The second-order valence-corrected chi connectivity index (χ2v) is 10.9. The minimum Gasteiger partial charge on any atom is -0.480 e. The van der Waals surface area contributed by atoms with Gasteiger partial charge in [0.1, 0.15) is 17.9 Å². The quantitative estimate of drug-likeness (QED) is 0.210. The van der Waals surface area contributed by atoms with Crippen LogP contribution in [0.1, 0.15) is 36.7 Å². The molecule has 0 atom stereocenters. The molecule has 4 rings (SSSR count). The molecule has 4 aromatic rings. The second kappa shape index (κ2) is 13.2. The van der Waals surface area contributed by atoms with E-state index in [0.29, 0.717) is 16.3 Å². The van der Waals surface area contributed by atoms with Crippen molar-refractivity contribution in [2.75, 3.05) is 11.4 Å². The maximum Gasteiger partial charge on any atom is 0.407 e. The molecule has 0 heterocycles. The van der Waals surface area contributed by atoms with E-state index in [1.807, 2.05) is 48.5 Å². The molecular weight excluding hydrogens is 556 g/mol. The average molecular weight is 587 g/mol. The maximum atomic E-state index is 13.6. The highest BCUT2D eigenvalue weighted by atomic mass is 35.5. The van der Waals surface area contributed by atoms with Gasteiger partial charge in [0, 0.05) is 23.2 Å². The summed E-state index contributed by atoms with van der Waals surface area (Å²) < 4.78 is 11.4. The smallest absolute Gasteiger partial charge is 0.407 e. The molecule has 8 nitrogen and oxygen atoms in total. The number of hydrogen-bond acceptors (Lipinski definition) is 5. The van der Waals surface area contributed by atoms with Gasteiger partial charge in [-0.05, 0) is 73.9 Å². The van der Waals surface area contributed by atoms with Crippen molar-refractivity contribution in [3.8, 4) is 22.6 Å². The number of ether oxygens (including phenoxy) is 2. The second-order valence-electron chi connectivity index (χ2n) is 10.4. The summed E-state index contributed by atoms with van der Waals surface area (Å²) in [6.07, 6.45) is -0.550. The normalized spacial score (nSPS) is 11.0. The summed E-state index contributed by atoms with van der Waals surface area (Å²) in [6.45, 7) is 4.93. The predicted octanol–water partition coefficient (Wildman–Crippen LogP) is 7.56. The summed E-state index contributed by atoms with van der Waals surface area (Å²) in [5.41, 5.74) is 2.58. The highest BCUT2D eigenvalue weighted by Crippen LogP contribution is 2.36. The zero-order chi connectivity index (χ0) is 30.3. The van der Waals surface area contributed by atoms with Crippen molar-refractivity contribution in [3.05, 3.63) is 113 Å².